The summed E-state index contributed by atoms with van der Waals surface area (Å²) in [6.07, 6.45) is 0. The molecule has 0 aliphatic carbocycles. The highest BCUT2D eigenvalue weighted by molar-refractivity contribution is 5.94. The van der Waals surface area contributed by atoms with E-state index in [1.54, 1.807) is 6.92 Å². The van der Waals surface area contributed by atoms with Crippen molar-refractivity contribution >= 4 is 17.5 Å². The molecule has 6 heteroatoms. The number of ether oxygens (including phenoxy) is 1. The Kier molecular flexibility index (Phi) is 3.70. The second-order valence-electron chi connectivity index (χ2n) is 3.90. The Morgan fingerprint density at radius 2 is 2.16 bits per heavy atom. The van der Waals surface area contributed by atoms with Crippen molar-refractivity contribution in [3.05, 3.63) is 45.8 Å². The van der Waals surface area contributed by atoms with Gasteiger partial charge in [-0.15, -0.1) is 0 Å². The van der Waals surface area contributed by atoms with E-state index in [-0.39, 0.29) is 18.0 Å². The fourth-order valence-corrected chi connectivity index (χ4v) is 1.63. The first-order valence-electron chi connectivity index (χ1n) is 5.84. The fraction of sp³-hybridized carbons (Fsp3) is 0.231. The predicted molar refractivity (Wildman–Crippen MR) is 69.7 cm³/mol. The van der Waals surface area contributed by atoms with E-state index in [2.05, 4.69) is 15.0 Å². The van der Waals surface area contributed by atoms with Gasteiger partial charge in [0, 0.05) is 5.69 Å². The van der Waals surface area contributed by atoms with Crippen LogP contribution in [0.3, 0.4) is 0 Å². The summed E-state index contributed by atoms with van der Waals surface area (Å²) in [5.41, 5.74) is 0.823. The van der Waals surface area contributed by atoms with Crippen LogP contribution in [-0.4, -0.2) is 17.7 Å². The average molecular weight is 262 g/mol. The van der Waals surface area contributed by atoms with Crippen LogP contribution in [0.25, 0.3) is 0 Å². The number of aromatic amines is 1. The molecule has 0 spiro atoms. The Labute approximate surface area is 109 Å². The molecule has 0 atom stereocenters. The van der Waals surface area contributed by atoms with Gasteiger partial charge < -0.3 is 14.6 Å². The first kappa shape index (κ1) is 12.9. The van der Waals surface area contributed by atoms with E-state index in [1.807, 2.05) is 31.2 Å². The van der Waals surface area contributed by atoms with Gasteiger partial charge in [-0.05, 0) is 25.5 Å². The SMILES string of the molecule is CCOC(=O)c1c(Nc2ccccc2C)[nH]oc1=O. The molecule has 1 aromatic carbocycles. The van der Waals surface area contributed by atoms with E-state index in [0.29, 0.717) is 0 Å². The normalized spacial score (nSPS) is 10.2. The Morgan fingerprint density at radius 1 is 1.42 bits per heavy atom. The van der Waals surface area contributed by atoms with Crippen molar-refractivity contribution in [1.82, 2.24) is 5.16 Å². The molecule has 1 heterocycles. The molecule has 0 aliphatic rings. The predicted octanol–water partition coefficient (Wildman–Crippen LogP) is 2.20. The van der Waals surface area contributed by atoms with Crippen LogP contribution in [0.4, 0.5) is 11.5 Å². The van der Waals surface area contributed by atoms with E-state index < -0.39 is 11.6 Å². The minimum Gasteiger partial charge on any atom is -0.462 e. The molecular formula is C13H14N2O4. The van der Waals surface area contributed by atoms with Crippen LogP contribution in [-0.2, 0) is 4.74 Å². The quantitative estimate of drug-likeness (QED) is 0.825. The molecule has 100 valence electrons. The number of carbonyl (C=O) groups excluding carboxylic acids is 1. The van der Waals surface area contributed by atoms with Gasteiger partial charge in [0.2, 0.25) is 0 Å². The number of aromatic nitrogens is 1. The standard InChI is InChI=1S/C13H14N2O4/c1-3-18-12(16)10-11(15-19-13(10)17)14-9-7-5-4-6-8(9)2/h4-7,14-15H,3H2,1-2H3. The van der Waals surface area contributed by atoms with Gasteiger partial charge in [-0.25, -0.2) is 14.7 Å². The third kappa shape index (κ3) is 2.67. The molecule has 1 aromatic heterocycles. The number of para-hydroxylation sites is 1. The molecule has 2 rings (SSSR count). The topological polar surface area (TPSA) is 84.3 Å². The summed E-state index contributed by atoms with van der Waals surface area (Å²) < 4.78 is 9.45. The van der Waals surface area contributed by atoms with Gasteiger partial charge in [-0.2, -0.15) is 0 Å². The van der Waals surface area contributed by atoms with Crippen LogP contribution in [0, 0.1) is 6.92 Å². The van der Waals surface area contributed by atoms with Gasteiger partial charge in [0.25, 0.3) is 0 Å². The van der Waals surface area contributed by atoms with Gasteiger partial charge in [0.1, 0.15) is 0 Å². The molecule has 6 nitrogen and oxygen atoms in total. The van der Waals surface area contributed by atoms with E-state index in [9.17, 15) is 9.59 Å². The number of hydrogen-bond donors (Lipinski definition) is 2. The molecule has 0 aliphatic heterocycles. The summed E-state index contributed by atoms with van der Waals surface area (Å²) in [6, 6.07) is 7.47. The Balaban J connectivity index is 2.34. The molecule has 19 heavy (non-hydrogen) atoms. The van der Waals surface area contributed by atoms with Crippen LogP contribution in [0.2, 0.25) is 0 Å². The molecule has 0 saturated heterocycles. The molecule has 0 bridgehead atoms. The average Bonchev–Trinajstić information content (AvgIpc) is 2.74. The molecular weight excluding hydrogens is 248 g/mol. The first-order chi connectivity index (χ1) is 9.13. The zero-order valence-corrected chi connectivity index (χ0v) is 10.6. The number of anilines is 2. The van der Waals surface area contributed by atoms with Crippen molar-refractivity contribution in [1.29, 1.82) is 0 Å². The summed E-state index contributed by atoms with van der Waals surface area (Å²) in [5.74, 6) is -0.522. The molecule has 2 aromatic rings. The minimum absolute atomic E-state index is 0.162. The van der Waals surface area contributed by atoms with E-state index in [1.165, 1.54) is 0 Å². The van der Waals surface area contributed by atoms with Crippen molar-refractivity contribution in [3.8, 4) is 0 Å². The van der Waals surface area contributed by atoms with E-state index in [0.717, 1.165) is 11.3 Å². The smallest absolute Gasteiger partial charge is 0.374 e. The summed E-state index contributed by atoms with van der Waals surface area (Å²) in [7, 11) is 0. The third-order valence-electron chi connectivity index (χ3n) is 2.58. The monoisotopic (exact) mass is 262 g/mol. The number of H-pyrrole nitrogens is 1. The van der Waals surface area contributed by atoms with Crippen LogP contribution in [0.1, 0.15) is 22.8 Å². The lowest BCUT2D eigenvalue weighted by Crippen LogP contribution is -2.15. The molecule has 0 unspecified atom stereocenters. The van der Waals surface area contributed by atoms with Crippen LogP contribution < -0.4 is 10.9 Å². The molecule has 0 radical (unpaired) electrons. The van der Waals surface area contributed by atoms with Crippen molar-refractivity contribution in [2.75, 3.05) is 11.9 Å². The number of aryl methyl sites for hydroxylation is 1. The number of hydrogen-bond acceptors (Lipinski definition) is 5. The lowest BCUT2D eigenvalue weighted by molar-refractivity contribution is 0.0524. The van der Waals surface area contributed by atoms with Gasteiger partial charge in [-0.3, -0.25) is 0 Å². The van der Waals surface area contributed by atoms with Crippen molar-refractivity contribution in [2.45, 2.75) is 13.8 Å². The maximum absolute atomic E-state index is 11.7. The summed E-state index contributed by atoms with van der Waals surface area (Å²) in [6.45, 7) is 3.76. The van der Waals surface area contributed by atoms with E-state index in [4.69, 9.17) is 4.74 Å². The number of rotatable bonds is 4. The van der Waals surface area contributed by atoms with Crippen LogP contribution >= 0.6 is 0 Å². The highest BCUT2D eigenvalue weighted by Gasteiger charge is 2.21. The van der Waals surface area contributed by atoms with Crippen LogP contribution in [0.5, 0.6) is 0 Å². The summed E-state index contributed by atoms with van der Waals surface area (Å²) >= 11 is 0. The third-order valence-corrected chi connectivity index (χ3v) is 2.58. The van der Waals surface area contributed by atoms with Gasteiger partial charge in [0.15, 0.2) is 11.4 Å². The first-order valence-corrected chi connectivity index (χ1v) is 5.84. The molecule has 0 amide bonds. The number of benzene rings is 1. The largest absolute Gasteiger partial charge is 0.462 e. The molecule has 0 fully saturated rings. The number of nitrogens with one attached hydrogen (secondary N) is 2. The molecule has 2 N–H and O–H groups in total. The highest BCUT2D eigenvalue weighted by atomic mass is 16.5. The second-order valence-corrected chi connectivity index (χ2v) is 3.90. The van der Waals surface area contributed by atoms with Gasteiger partial charge >= 0.3 is 11.6 Å². The number of carbonyl (C=O) groups is 1. The zero-order valence-electron chi connectivity index (χ0n) is 10.6. The minimum atomic E-state index is -0.755. The van der Waals surface area contributed by atoms with E-state index >= 15 is 0 Å². The summed E-state index contributed by atoms with van der Waals surface area (Å²) in [5, 5.41) is 5.34. The van der Waals surface area contributed by atoms with Crippen molar-refractivity contribution in [2.24, 2.45) is 0 Å². The van der Waals surface area contributed by atoms with Gasteiger partial charge in [0.05, 0.1) is 6.61 Å². The molecule has 0 saturated carbocycles. The maximum atomic E-state index is 11.7. The Hall–Kier alpha value is -2.50. The highest BCUT2D eigenvalue weighted by Crippen LogP contribution is 2.20. The Bertz CT molecular complexity index is 642. The fourth-order valence-electron chi connectivity index (χ4n) is 1.63. The zero-order chi connectivity index (χ0) is 13.8. The van der Waals surface area contributed by atoms with Crippen molar-refractivity contribution in [3.63, 3.8) is 0 Å². The number of esters is 1. The lowest BCUT2D eigenvalue weighted by Gasteiger charge is -2.07. The summed E-state index contributed by atoms with van der Waals surface area (Å²) in [4.78, 5) is 23.2. The van der Waals surface area contributed by atoms with Crippen LogP contribution in [0.15, 0.2) is 33.6 Å². The van der Waals surface area contributed by atoms with Gasteiger partial charge in [-0.1, -0.05) is 18.2 Å². The van der Waals surface area contributed by atoms with Crippen molar-refractivity contribution < 1.29 is 14.1 Å². The lowest BCUT2D eigenvalue weighted by atomic mass is 10.2. The Morgan fingerprint density at radius 3 is 2.84 bits per heavy atom. The second kappa shape index (κ2) is 5.43. The maximum Gasteiger partial charge on any atom is 0.374 e.